The first kappa shape index (κ1) is 17.7. The van der Waals surface area contributed by atoms with E-state index in [4.69, 9.17) is 14.7 Å². The van der Waals surface area contributed by atoms with Gasteiger partial charge in [0.2, 0.25) is 5.88 Å². The zero-order valence-corrected chi connectivity index (χ0v) is 16.2. The SMILES string of the molecule is COc1nc(-c2c(C)cccc2C)nc2c1CN(Cc1ccccc1)CC2. The molecule has 0 spiro atoms. The first-order valence-electron chi connectivity index (χ1n) is 9.42. The summed E-state index contributed by atoms with van der Waals surface area (Å²) in [4.78, 5) is 12.1. The maximum Gasteiger partial charge on any atom is 0.221 e. The van der Waals surface area contributed by atoms with E-state index in [2.05, 4.69) is 67.3 Å². The monoisotopic (exact) mass is 359 g/mol. The lowest BCUT2D eigenvalue weighted by atomic mass is 10.0. The Morgan fingerprint density at radius 3 is 2.41 bits per heavy atom. The molecule has 0 atom stereocenters. The van der Waals surface area contributed by atoms with Crippen LogP contribution in [0, 0.1) is 13.8 Å². The van der Waals surface area contributed by atoms with Crippen LogP contribution in [-0.4, -0.2) is 28.5 Å². The standard InChI is InChI=1S/C23H25N3O/c1-16-8-7-9-17(2)21(16)22-24-20-12-13-26(14-18-10-5-4-6-11-18)15-19(20)23(25-22)27-3/h4-11H,12-15H2,1-3H3. The molecule has 0 saturated carbocycles. The fourth-order valence-electron chi connectivity index (χ4n) is 3.86. The summed E-state index contributed by atoms with van der Waals surface area (Å²) in [7, 11) is 1.70. The van der Waals surface area contributed by atoms with Crippen LogP contribution in [-0.2, 0) is 19.5 Å². The van der Waals surface area contributed by atoms with Crippen LogP contribution in [0.25, 0.3) is 11.4 Å². The van der Waals surface area contributed by atoms with Crippen molar-refractivity contribution in [2.45, 2.75) is 33.4 Å². The number of benzene rings is 2. The van der Waals surface area contributed by atoms with E-state index in [-0.39, 0.29) is 0 Å². The molecule has 138 valence electrons. The zero-order valence-electron chi connectivity index (χ0n) is 16.2. The summed E-state index contributed by atoms with van der Waals surface area (Å²) in [5.41, 5.74) is 7.06. The molecule has 0 saturated heterocycles. The van der Waals surface area contributed by atoms with Crippen LogP contribution in [0.3, 0.4) is 0 Å². The van der Waals surface area contributed by atoms with Gasteiger partial charge < -0.3 is 4.74 Å². The normalized spacial score (nSPS) is 14.0. The second kappa shape index (κ2) is 7.49. The van der Waals surface area contributed by atoms with E-state index in [0.717, 1.165) is 48.7 Å². The zero-order chi connectivity index (χ0) is 18.8. The fraction of sp³-hybridized carbons (Fsp3) is 0.304. The van der Waals surface area contributed by atoms with E-state index >= 15 is 0 Å². The fourth-order valence-corrected chi connectivity index (χ4v) is 3.86. The van der Waals surface area contributed by atoms with E-state index in [1.807, 2.05) is 0 Å². The van der Waals surface area contributed by atoms with Crippen molar-refractivity contribution in [2.24, 2.45) is 0 Å². The molecule has 1 aromatic heterocycles. The molecule has 27 heavy (non-hydrogen) atoms. The Kier molecular flexibility index (Phi) is 4.90. The summed E-state index contributed by atoms with van der Waals surface area (Å²) in [5, 5.41) is 0. The van der Waals surface area contributed by atoms with Gasteiger partial charge >= 0.3 is 0 Å². The third-order valence-electron chi connectivity index (χ3n) is 5.25. The van der Waals surface area contributed by atoms with Gasteiger partial charge in [-0.25, -0.2) is 4.98 Å². The highest BCUT2D eigenvalue weighted by Crippen LogP contribution is 2.31. The molecule has 0 bridgehead atoms. The van der Waals surface area contributed by atoms with Crippen molar-refractivity contribution >= 4 is 0 Å². The van der Waals surface area contributed by atoms with E-state index in [0.29, 0.717) is 5.88 Å². The molecule has 0 fully saturated rings. The first-order valence-corrected chi connectivity index (χ1v) is 9.42. The Labute approximate surface area is 160 Å². The van der Waals surface area contributed by atoms with Crippen LogP contribution in [0.4, 0.5) is 0 Å². The lowest BCUT2D eigenvalue weighted by molar-refractivity contribution is 0.236. The minimum absolute atomic E-state index is 0.704. The molecule has 0 amide bonds. The van der Waals surface area contributed by atoms with Crippen molar-refractivity contribution in [3.8, 4) is 17.3 Å². The van der Waals surface area contributed by atoms with Crippen molar-refractivity contribution in [2.75, 3.05) is 13.7 Å². The molecule has 0 N–H and O–H groups in total. The molecule has 1 aliphatic rings. The largest absolute Gasteiger partial charge is 0.481 e. The van der Waals surface area contributed by atoms with E-state index < -0.39 is 0 Å². The van der Waals surface area contributed by atoms with Gasteiger partial charge in [-0.15, -0.1) is 0 Å². The maximum atomic E-state index is 5.68. The van der Waals surface area contributed by atoms with Crippen LogP contribution in [0.2, 0.25) is 0 Å². The quantitative estimate of drug-likeness (QED) is 0.695. The topological polar surface area (TPSA) is 38.3 Å². The molecule has 4 nitrogen and oxygen atoms in total. The van der Waals surface area contributed by atoms with Crippen LogP contribution in [0.15, 0.2) is 48.5 Å². The molecular formula is C23H25N3O. The van der Waals surface area contributed by atoms with Crippen molar-refractivity contribution in [1.29, 1.82) is 0 Å². The Morgan fingerprint density at radius 1 is 0.963 bits per heavy atom. The molecule has 2 heterocycles. The molecule has 0 unspecified atom stereocenters. The number of hydrogen-bond acceptors (Lipinski definition) is 4. The number of aromatic nitrogens is 2. The van der Waals surface area contributed by atoms with Gasteiger partial charge in [0.05, 0.1) is 12.8 Å². The van der Waals surface area contributed by atoms with E-state index in [9.17, 15) is 0 Å². The number of rotatable bonds is 4. The number of methoxy groups -OCH3 is 1. The highest BCUT2D eigenvalue weighted by molar-refractivity contribution is 5.65. The lowest BCUT2D eigenvalue weighted by Gasteiger charge is -2.29. The summed E-state index contributed by atoms with van der Waals surface area (Å²) in [5.74, 6) is 1.48. The van der Waals surface area contributed by atoms with Crippen LogP contribution in [0.5, 0.6) is 5.88 Å². The number of aryl methyl sites for hydroxylation is 2. The van der Waals surface area contributed by atoms with Gasteiger partial charge in [-0.1, -0.05) is 48.5 Å². The summed E-state index contributed by atoms with van der Waals surface area (Å²) < 4.78 is 5.68. The maximum absolute atomic E-state index is 5.68. The highest BCUT2D eigenvalue weighted by atomic mass is 16.5. The number of nitrogens with zero attached hydrogens (tertiary/aromatic N) is 3. The van der Waals surface area contributed by atoms with Gasteiger partial charge in [0.25, 0.3) is 0 Å². The Morgan fingerprint density at radius 2 is 1.70 bits per heavy atom. The second-order valence-electron chi connectivity index (χ2n) is 7.19. The van der Waals surface area contributed by atoms with Crippen molar-refractivity contribution in [3.63, 3.8) is 0 Å². The minimum Gasteiger partial charge on any atom is -0.481 e. The molecule has 1 aliphatic heterocycles. The lowest BCUT2D eigenvalue weighted by Crippen LogP contribution is -2.31. The number of ether oxygens (including phenoxy) is 1. The summed E-state index contributed by atoms with van der Waals surface area (Å²) in [6.45, 7) is 6.97. The molecule has 4 rings (SSSR count). The van der Waals surface area contributed by atoms with E-state index in [1.165, 1.54) is 16.7 Å². The van der Waals surface area contributed by atoms with Gasteiger partial charge in [-0.3, -0.25) is 4.90 Å². The van der Waals surface area contributed by atoms with Gasteiger partial charge in [-0.2, -0.15) is 4.98 Å². The van der Waals surface area contributed by atoms with Gasteiger partial charge in [-0.05, 0) is 30.5 Å². The van der Waals surface area contributed by atoms with Gasteiger partial charge in [0.1, 0.15) is 0 Å². The average molecular weight is 359 g/mol. The summed E-state index contributed by atoms with van der Waals surface area (Å²) in [6.07, 6.45) is 0.916. The van der Waals surface area contributed by atoms with Gasteiger partial charge in [0.15, 0.2) is 5.82 Å². The van der Waals surface area contributed by atoms with E-state index in [1.54, 1.807) is 7.11 Å². The van der Waals surface area contributed by atoms with Gasteiger partial charge in [0, 0.05) is 37.2 Å². The van der Waals surface area contributed by atoms with Crippen LogP contribution in [0.1, 0.15) is 27.9 Å². The Bertz CT molecular complexity index is 916. The van der Waals surface area contributed by atoms with Crippen molar-refractivity contribution in [1.82, 2.24) is 14.9 Å². The molecule has 0 radical (unpaired) electrons. The molecule has 2 aromatic carbocycles. The Balaban J connectivity index is 1.67. The van der Waals surface area contributed by atoms with Crippen LogP contribution >= 0.6 is 0 Å². The summed E-state index contributed by atoms with van der Waals surface area (Å²) >= 11 is 0. The smallest absolute Gasteiger partial charge is 0.221 e. The predicted molar refractivity (Wildman–Crippen MR) is 108 cm³/mol. The van der Waals surface area contributed by atoms with Crippen molar-refractivity contribution in [3.05, 3.63) is 76.5 Å². The molecular weight excluding hydrogens is 334 g/mol. The average Bonchev–Trinajstić information content (AvgIpc) is 2.68. The molecule has 0 aliphatic carbocycles. The van der Waals surface area contributed by atoms with Crippen molar-refractivity contribution < 1.29 is 4.74 Å². The molecule has 3 aromatic rings. The third kappa shape index (κ3) is 3.58. The second-order valence-corrected chi connectivity index (χ2v) is 7.19. The number of hydrogen-bond donors (Lipinski definition) is 0. The Hall–Kier alpha value is -2.72. The number of fused-ring (bicyclic) bond motifs is 1. The predicted octanol–water partition coefficient (Wildman–Crippen LogP) is 4.33. The molecule has 4 heteroatoms. The third-order valence-corrected chi connectivity index (χ3v) is 5.25. The minimum atomic E-state index is 0.704. The summed E-state index contributed by atoms with van der Waals surface area (Å²) in [6, 6.07) is 16.9. The highest BCUT2D eigenvalue weighted by Gasteiger charge is 2.24. The first-order chi connectivity index (χ1) is 13.2. The van der Waals surface area contributed by atoms with Crippen LogP contribution < -0.4 is 4.74 Å².